The molecule has 5 aliphatic rings. The van der Waals surface area contributed by atoms with Gasteiger partial charge in [-0.2, -0.15) is 0 Å². The van der Waals surface area contributed by atoms with E-state index in [-0.39, 0.29) is 17.2 Å². The first-order valence-corrected chi connectivity index (χ1v) is 10.8. The molecule has 5 fully saturated rings. The predicted molar refractivity (Wildman–Crippen MR) is 106 cm³/mol. The molecule has 4 saturated carbocycles. The van der Waals surface area contributed by atoms with Crippen molar-refractivity contribution in [2.24, 2.45) is 17.3 Å². The molecular weight excluding hydrogens is 352 g/mol. The molecule has 4 bridgehead atoms. The highest BCUT2D eigenvalue weighted by molar-refractivity contribution is 5.94. The molecule has 1 N–H and O–H groups in total. The van der Waals surface area contributed by atoms with Crippen molar-refractivity contribution < 1.29 is 14.7 Å². The molecule has 2 unspecified atom stereocenters. The number of nitrogens with zero attached hydrogens (tertiary/aromatic N) is 2. The lowest BCUT2D eigenvalue weighted by atomic mass is 9.47. The lowest BCUT2D eigenvalue weighted by Gasteiger charge is -2.60. The third kappa shape index (κ3) is 3.24. The largest absolute Gasteiger partial charge is 0.390 e. The van der Waals surface area contributed by atoms with Crippen LogP contribution in [-0.4, -0.2) is 58.5 Å². The lowest BCUT2D eigenvalue weighted by molar-refractivity contribution is -0.172. The van der Waals surface area contributed by atoms with Gasteiger partial charge in [-0.1, -0.05) is 18.2 Å². The summed E-state index contributed by atoms with van der Waals surface area (Å²) in [7, 11) is 0. The number of carbonyl (C=O) groups is 2. The second kappa shape index (κ2) is 6.58. The molecule has 0 spiro atoms. The zero-order valence-corrected chi connectivity index (χ0v) is 16.5. The summed E-state index contributed by atoms with van der Waals surface area (Å²) in [5, 5.41) is 10.9. The standard InChI is InChI=1S/C23H30N2O3/c26-20(15-22-11-17-10-18(12-22)14-23(28,13-17)16-22)24-6-8-25(9-7-24)21(27)19-4-2-1-3-5-19/h1-5,17-18,28H,6-16H2. The topological polar surface area (TPSA) is 60.9 Å². The molecule has 1 aromatic rings. The van der Waals surface area contributed by atoms with Crippen LogP contribution in [0.15, 0.2) is 30.3 Å². The molecule has 1 saturated heterocycles. The fourth-order valence-corrected chi connectivity index (χ4v) is 6.96. The van der Waals surface area contributed by atoms with Gasteiger partial charge >= 0.3 is 0 Å². The number of piperazine rings is 1. The molecule has 1 aromatic carbocycles. The number of carbonyl (C=O) groups excluding carboxylic acids is 2. The van der Waals surface area contributed by atoms with Crippen LogP contribution in [0.25, 0.3) is 0 Å². The first-order valence-electron chi connectivity index (χ1n) is 10.8. The first-order chi connectivity index (χ1) is 13.4. The quantitative estimate of drug-likeness (QED) is 0.874. The van der Waals surface area contributed by atoms with Crippen molar-refractivity contribution in [1.82, 2.24) is 9.80 Å². The number of amides is 2. The molecule has 5 heteroatoms. The summed E-state index contributed by atoms with van der Waals surface area (Å²) in [6.45, 7) is 2.43. The van der Waals surface area contributed by atoms with Crippen LogP contribution in [0.4, 0.5) is 0 Å². The van der Waals surface area contributed by atoms with Gasteiger partial charge in [-0.3, -0.25) is 9.59 Å². The number of rotatable bonds is 3. The van der Waals surface area contributed by atoms with Crippen LogP contribution in [0.3, 0.4) is 0 Å². The van der Waals surface area contributed by atoms with E-state index in [2.05, 4.69) is 0 Å². The summed E-state index contributed by atoms with van der Waals surface area (Å²) >= 11 is 0. The number of hydrogen-bond acceptors (Lipinski definition) is 3. The molecule has 1 heterocycles. The van der Waals surface area contributed by atoms with Crippen molar-refractivity contribution in [2.75, 3.05) is 26.2 Å². The van der Waals surface area contributed by atoms with Crippen LogP contribution in [0.2, 0.25) is 0 Å². The van der Waals surface area contributed by atoms with Crippen LogP contribution >= 0.6 is 0 Å². The summed E-state index contributed by atoms with van der Waals surface area (Å²) in [4.78, 5) is 29.5. The molecular formula is C23H30N2O3. The second-order valence-corrected chi connectivity index (χ2v) is 9.90. The molecule has 150 valence electrons. The van der Waals surface area contributed by atoms with Crippen LogP contribution in [0.5, 0.6) is 0 Å². The van der Waals surface area contributed by atoms with Crippen LogP contribution in [0, 0.1) is 17.3 Å². The van der Waals surface area contributed by atoms with Crippen LogP contribution in [-0.2, 0) is 4.79 Å². The Hall–Kier alpha value is -1.88. The Kier molecular flexibility index (Phi) is 4.27. The number of hydrogen-bond donors (Lipinski definition) is 1. The third-order valence-electron chi connectivity index (χ3n) is 7.62. The summed E-state index contributed by atoms with van der Waals surface area (Å²) in [5.74, 6) is 1.49. The highest BCUT2D eigenvalue weighted by atomic mass is 16.3. The van der Waals surface area contributed by atoms with E-state index in [1.165, 1.54) is 6.42 Å². The average Bonchev–Trinajstić information content (AvgIpc) is 2.66. The zero-order chi connectivity index (χ0) is 19.4. The Bertz CT molecular complexity index is 755. The van der Waals surface area contributed by atoms with Crippen LogP contribution < -0.4 is 0 Å². The Balaban J connectivity index is 1.19. The normalized spacial score (nSPS) is 36.6. The molecule has 1 aliphatic heterocycles. The fourth-order valence-electron chi connectivity index (χ4n) is 6.96. The molecule has 5 nitrogen and oxygen atoms in total. The summed E-state index contributed by atoms with van der Waals surface area (Å²) in [6.07, 6.45) is 6.76. The van der Waals surface area contributed by atoms with Crippen molar-refractivity contribution in [2.45, 2.75) is 50.5 Å². The van der Waals surface area contributed by atoms with Gasteiger partial charge in [0.25, 0.3) is 5.91 Å². The van der Waals surface area contributed by atoms with Crippen LogP contribution in [0.1, 0.15) is 55.3 Å². The number of benzene rings is 1. The highest BCUT2D eigenvalue weighted by Crippen LogP contribution is 2.62. The maximum Gasteiger partial charge on any atom is 0.253 e. The van der Waals surface area contributed by atoms with E-state index in [1.807, 2.05) is 40.1 Å². The van der Waals surface area contributed by atoms with E-state index in [0.29, 0.717) is 50.0 Å². The van der Waals surface area contributed by atoms with Gasteiger partial charge in [0.2, 0.25) is 5.91 Å². The average molecular weight is 383 g/mol. The van der Waals surface area contributed by atoms with E-state index in [4.69, 9.17) is 0 Å². The smallest absolute Gasteiger partial charge is 0.253 e. The van der Waals surface area contributed by atoms with Crippen molar-refractivity contribution in [1.29, 1.82) is 0 Å². The first kappa shape index (κ1) is 18.2. The Labute approximate surface area is 166 Å². The second-order valence-electron chi connectivity index (χ2n) is 9.90. The summed E-state index contributed by atoms with van der Waals surface area (Å²) < 4.78 is 0. The van der Waals surface area contributed by atoms with Crippen molar-refractivity contribution >= 4 is 11.8 Å². The van der Waals surface area contributed by atoms with Gasteiger partial charge in [0.05, 0.1) is 5.60 Å². The minimum atomic E-state index is -0.509. The number of aliphatic hydroxyl groups is 1. The zero-order valence-electron chi connectivity index (χ0n) is 16.5. The van der Waals surface area contributed by atoms with E-state index in [1.54, 1.807) is 0 Å². The SMILES string of the molecule is O=C(CC12CC3CC(CC(O)(C3)C1)C2)N1CCN(C(=O)c2ccccc2)CC1. The van der Waals surface area contributed by atoms with Gasteiger partial charge in [-0.15, -0.1) is 0 Å². The maximum absolute atomic E-state index is 13.1. The molecule has 0 radical (unpaired) electrons. The predicted octanol–water partition coefficient (Wildman–Crippen LogP) is 2.69. The van der Waals surface area contributed by atoms with E-state index >= 15 is 0 Å². The van der Waals surface area contributed by atoms with Crippen molar-refractivity contribution in [3.8, 4) is 0 Å². The fraction of sp³-hybridized carbons (Fsp3) is 0.652. The molecule has 2 atom stereocenters. The minimum absolute atomic E-state index is 0.0207. The minimum Gasteiger partial charge on any atom is -0.390 e. The monoisotopic (exact) mass is 382 g/mol. The summed E-state index contributed by atoms with van der Waals surface area (Å²) in [6, 6.07) is 9.36. The molecule has 28 heavy (non-hydrogen) atoms. The Morgan fingerprint density at radius 1 is 0.929 bits per heavy atom. The van der Waals surface area contributed by atoms with E-state index in [0.717, 1.165) is 32.1 Å². The van der Waals surface area contributed by atoms with Gasteiger partial charge in [0, 0.05) is 38.2 Å². The molecule has 6 rings (SSSR count). The maximum atomic E-state index is 13.1. The Morgan fingerprint density at radius 2 is 1.54 bits per heavy atom. The molecule has 0 aromatic heterocycles. The van der Waals surface area contributed by atoms with E-state index in [9.17, 15) is 14.7 Å². The van der Waals surface area contributed by atoms with E-state index < -0.39 is 5.60 Å². The van der Waals surface area contributed by atoms with Gasteiger partial charge in [0.15, 0.2) is 0 Å². The molecule has 4 aliphatic carbocycles. The Morgan fingerprint density at radius 3 is 2.14 bits per heavy atom. The van der Waals surface area contributed by atoms with Crippen molar-refractivity contribution in [3.05, 3.63) is 35.9 Å². The van der Waals surface area contributed by atoms with Gasteiger partial charge < -0.3 is 14.9 Å². The lowest BCUT2D eigenvalue weighted by Crippen LogP contribution is -2.57. The third-order valence-corrected chi connectivity index (χ3v) is 7.62. The van der Waals surface area contributed by atoms with Gasteiger partial charge in [-0.05, 0) is 67.9 Å². The molecule has 2 amide bonds. The van der Waals surface area contributed by atoms with Gasteiger partial charge in [-0.25, -0.2) is 0 Å². The summed E-state index contributed by atoms with van der Waals surface area (Å²) in [5.41, 5.74) is 0.224. The highest BCUT2D eigenvalue weighted by Gasteiger charge is 2.57. The van der Waals surface area contributed by atoms with Gasteiger partial charge in [0.1, 0.15) is 0 Å². The van der Waals surface area contributed by atoms with Crippen molar-refractivity contribution in [3.63, 3.8) is 0 Å².